The van der Waals surface area contributed by atoms with Gasteiger partial charge in [-0.1, -0.05) is 15.9 Å². The van der Waals surface area contributed by atoms with Crippen molar-refractivity contribution in [3.63, 3.8) is 0 Å². The van der Waals surface area contributed by atoms with Crippen LogP contribution in [0.2, 0.25) is 0 Å². The minimum atomic E-state index is 0.537. The van der Waals surface area contributed by atoms with Gasteiger partial charge >= 0.3 is 0 Å². The van der Waals surface area contributed by atoms with Crippen LogP contribution in [-0.2, 0) is 0 Å². The van der Waals surface area contributed by atoms with Crippen LogP contribution < -0.4 is 5.73 Å². The van der Waals surface area contributed by atoms with Crippen molar-refractivity contribution in [1.82, 2.24) is 9.38 Å². The van der Waals surface area contributed by atoms with Crippen molar-refractivity contribution in [3.8, 4) is 0 Å². The molecule has 0 spiro atoms. The normalized spacial score (nSPS) is 10.8. The molecule has 0 aromatic carbocycles. The zero-order valence-electron chi connectivity index (χ0n) is 6.58. The number of hydrogen-bond acceptors (Lipinski definition) is 2. The van der Waals surface area contributed by atoms with E-state index in [0.29, 0.717) is 5.95 Å². The summed E-state index contributed by atoms with van der Waals surface area (Å²) in [4.78, 5) is 4.15. The van der Waals surface area contributed by atoms with Crippen LogP contribution in [0.15, 0.2) is 22.8 Å². The average Bonchev–Trinajstić information content (AvgIpc) is 2.28. The van der Waals surface area contributed by atoms with Crippen molar-refractivity contribution in [2.75, 3.05) is 5.73 Å². The van der Waals surface area contributed by atoms with E-state index in [4.69, 9.17) is 5.73 Å². The highest BCUT2D eigenvalue weighted by Crippen LogP contribution is 2.18. The number of fused-ring (bicyclic) bond motifs is 1. The Morgan fingerprint density at radius 3 is 3.08 bits per heavy atom. The number of anilines is 1. The van der Waals surface area contributed by atoms with Crippen LogP contribution in [0.25, 0.3) is 5.52 Å². The SMILES string of the molecule is Cc1nc(N)n2ccc(Br)cc12. The van der Waals surface area contributed by atoms with Crippen LogP contribution in [-0.4, -0.2) is 9.38 Å². The molecule has 0 amide bonds. The lowest BCUT2D eigenvalue weighted by Crippen LogP contribution is -1.92. The molecule has 0 saturated heterocycles. The molecule has 2 aromatic rings. The molecule has 0 unspecified atom stereocenters. The fourth-order valence-electron chi connectivity index (χ4n) is 1.24. The number of pyridine rings is 1. The summed E-state index contributed by atoms with van der Waals surface area (Å²) in [6.45, 7) is 1.94. The van der Waals surface area contributed by atoms with Gasteiger partial charge in [-0.25, -0.2) is 4.98 Å². The zero-order valence-corrected chi connectivity index (χ0v) is 8.17. The van der Waals surface area contributed by atoms with E-state index in [1.807, 2.05) is 29.7 Å². The monoisotopic (exact) mass is 225 g/mol. The molecule has 0 bridgehead atoms. The molecule has 62 valence electrons. The van der Waals surface area contributed by atoms with Crippen molar-refractivity contribution in [1.29, 1.82) is 0 Å². The van der Waals surface area contributed by atoms with Crippen LogP contribution in [0.3, 0.4) is 0 Å². The maximum atomic E-state index is 5.66. The third-order valence-electron chi connectivity index (χ3n) is 1.82. The second kappa shape index (κ2) is 2.48. The topological polar surface area (TPSA) is 43.3 Å². The van der Waals surface area contributed by atoms with Gasteiger partial charge in [0.05, 0.1) is 11.2 Å². The highest BCUT2D eigenvalue weighted by molar-refractivity contribution is 9.10. The number of aromatic nitrogens is 2. The Kier molecular flexibility index (Phi) is 1.58. The molecule has 0 aliphatic carbocycles. The van der Waals surface area contributed by atoms with E-state index in [1.165, 1.54) is 0 Å². The first kappa shape index (κ1) is 7.61. The first-order chi connectivity index (χ1) is 5.68. The predicted molar refractivity (Wildman–Crippen MR) is 52.0 cm³/mol. The molecule has 0 saturated carbocycles. The number of imidazole rings is 1. The van der Waals surface area contributed by atoms with E-state index in [1.54, 1.807) is 0 Å². The van der Waals surface area contributed by atoms with E-state index in [-0.39, 0.29) is 0 Å². The van der Waals surface area contributed by atoms with Crippen LogP contribution in [0.1, 0.15) is 5.69 Å². The average molecular weight is 226 g/mol. The molecule has 0 aliphatic heterocycles. The van der Waals surface area contributed by atoms with Gasteiger partial charge in [-0.3, -0.25) is 4.40 Å². The summed E-state index contributed by atoms with van der Waals surface area (Å²) in [5.74, 6) is 0.537. The molecular formula is C8H8BrN3. The zero-order chi connectivity index (χ0) is 8.72. The number of nitrogens with two attached hydrogens (primary N) is 1. The Bertz CT molecular complexity index is 433. The molecule has 3 nitrogen and oxygen atoms in total. The second-order valence-electron chi connectivity index (χ2n) is 2.66. The van der Waals surface area contributed by atoms with Gasteiger partial charge in [-0.15, -0.1) is 0 Å². The number of nitrogen functional groups attached to an aromatic ring is 1. The fraction of sp³-hybridized carbons (Fsp3) is 0.125. The lowest BCUT2D eigenvalue weighted by atomic mass is 10.3. The maximum Gasteiger partial charge on any atom is 0.205 e. The first-order valence-corrected chi connectivity index (χ1v) is 4.37. The highest BCUT2D eigenvalue weighted by atomic mass is 79.9. The number of rotatable bonds is 0. The minimum Gasteiger partial charge on any atom is -0.369 e. The smallest absolute Gasteiger partial charge is 0.205 e. The van der Waals surface area contributed by atoms with Crippen LogP contribution in [0.4, 0.5) is 5.95 Å². The summed E-state index contributed by atoms with van der Waals surface area (Å²) in [6.07, 6.45) is 1.90. The third-order valence-corrected chi connectivity index (χ3v) is 2.31. The predicted octanol–water partition coefficient (Wildman–Crippen LogP) is 1.99. The Labute approximate surface area is 78.3 Å². The molecule has 0 aliphatic rings. The summed E-state index contributed by atoms with van der Waals surface area (Å²) >= 11 is 3.39. The van der Waals surface area contributed by atoms with Crippen molar-refractivity contribution >= 4 is 27.4 Å². The summed E-state index contributed by atoms with van der Waals surface area (Å²) in [5, 5.41) is 0. The Morgan fingerprint density at radius 1 is 1.58 bits per heavy atom. The van der Waals surface area contributed by atoms with Gasteiger partial charge in [0, 0.05) is 10.7 Å². The summed E-state index contributed by atoms with van der Waals surface area (Å²) in [5.41, 5.74) is 7.66. The largest absolute Gasteiger partial charge is 0.369 e. The first-order valence-electron chi connectivity index (χ1n) is 3.58. The molecule has 2 heterocycles. The Hall–Kier alpha value is -1.03. The van der Waals surface area contributed by atoms with Gasteiger partial charge in [0.2, 0.25) is 5.95 Å². The molecule has 2 rings (SSSR count). The van der Waals surface area contributed by atoms with Crippen molar-refractivity contribution in [3.05, 3.63) is 28.5 Å². The highest BCUT2D eigenvalue weighted by Gasteiger charge is 2.03. The van der Waals surface area contributed by atoms with Gasteiger partial charge in [-0.05, 0) is 19.1 Å². The number of hydrogen-bond donors (Lipinski definition) is 1. The number of aryl methyl sites for hydroxylation is 1. The molecule has 0 radical (unpaired) electrons. The van der Waals surface area contributed by atoms with Crippen molar-refractivity contribution in [2.45, 2.75) is 6.92 Å². The van der Waals surface area contributed by atoms with Crippen molar-refractivity contribution < 1.29 is 0 Å². The summed E-state index contributed by atoms with van der Waals surface area (Å²) in [7, 11) is 0. The number of nitrogens with zero attached hydrogens (tertiary/aromatic N) is 2. The second-order valence-corrected chi connectivity index (χ2v) is 3.57. The van der Waals surface area contributed by atoms with E-state index in [0.717, 1.165) is 15.7 Å². The lowest BCUT2D eigenvalue weighted by Gasteiger charge is -1.95. The molecule has 0 atom stereocenters. The maximum absolute atomic E-state index is 5.66. The summed E-state index contributed by atoms with van der Waals surface area (Å²) in [6, 6.07) is 3.93. The van der Waals surface area contributed by atoms with Crippen LogP contribution >= 0.6 is 15.9 Å². The molecule has 4 heteroatoms. The minimum absolute atomic E-state index is 0.537. The van der Waals surface area contributed by atoms with E-state index < -0.39 is 0 Å². The van der Waals surface area contributed by atoms with Gasteiger partial charge in [0.1, 0.15) is 0 Å². The van der Waals surface area contributed by atoms with E-state index >= 15 is 0 Å². The van der Waals surface area contributed by atoms with E-state index in [2.05, 4.69) is 20.9 Å². The molecule has 12 heavy (non-hydrogen) atoms. The van der Waals surface area contributed by atoms with E-state index in [9.17, 15) is 0 Å². The Morgan fingerprint density at radius 2 is 2.33 bits per heavy atom. The quantitative estimate of drug-likeness (QED) is 0.746. The summed E-state index contributed by atoms with van der Waals surface area (Å²) < 4.78 is 2.90. The van der Waals surface area contributed by atoms with Gasteiger partial charge in [0.25, 0.3) is 0 Å². The molecule has 0 fully saturated rings. The van der Waals surface area contributed by atoms with Crippen molar-refractivity contribution in [2.24, 2.45) is 0 Å². The van der Waals surface area contributed by atoms with Gasteiger partial charge in [0.15, 0.2) is 0 Å². The van der Waals surface area contributed by atoms with Gasteiger partial charge < -0.3 is 5.73 Å². The third kappa shape index (κ3) is 0.992. The Balaban J connectivity index is 2.90. The molecule has 2 aromatic heterocycles. The number of halogens is 1. The standard InChI is InChI=1S/C8H8BrN3/c1-5-7-4-6(9)2-3-12(7)8(10)11-5/h2-4H,1H3,(H2,10,11). The lowest BCUT2D eigenvalue weighted by molar-refractivity contribution is 1.17. The molecule has 2 N–H and O–H groups in total. The van der Waals surface area contributed by atoms with Crippen LogP contribution in [0.5, 0.6) is 0 Å². The van der Waals surface area contributed by atoms with Gasteiger partial charge in [-0.2, -0.15) is 0 Å². The fourth-order valence-corrected chi connectivity index (χ4v) is 1.57. The molecular weight excluding hydrogens is 218 g/mol. The van der Waals surface area contributed by atoms with Crippen LogP contribution in [0, 0.1) is 6.92 Å².